The van der Waals surface area contributed by atoms with Gasteiger partial charge in [-0.3, -0.25) is 4.79 Å². The van der Waals surface area contributed by atoms with Crippen molar-refractivity contribution in [2.75, 3.05) is 11.1 Å². The lowest BCUT2D eigenvalue weighted by molar-refractivity contribution is -0.115. The highest BCUT2D eigenvalue weighted by Gasteiger charge is 2.10. The summed E-state index contributed by atoms with van der Waals surface area (Å²) in [4.78, 5) is 11.4. The third kappa shape index (κ3) is 2.79. The number of aryl methyl sites for hydroxylation is 2. The van der Waals surface area contributed by atoms with Crippen LogP contribution in [-0.4, -0.2) is 11.7 Å². The zero-order valence-corrected chi connectivity index (χ0v) is 10.2. The van der Waals surface area contributed by atoms with Gasteiger partial charge in [0.05, 0.1) is 0 Å². The van der Waals surface area contributed by atoms with E-state index >= 15 is 0 Å². The van der Waals surface area contributed by atoms with E-state index in [1.807, 2.05) is 6.07 Å². The predicted octanol–water partition coefficient (Wildman–Crippen LogP) is 2.82. The number of fused-ring (bicyclic) bond motifs is 1. The topological polar surface area (TPSA) is 29.1 Å². The number of nitrogens with one attached hydrogen (secondary N) is 1. The highest BCUT2D eigenvalue weighted by atomic mass is 32.1. The van der Waals surface area contributed by atoms with Crippen LogP contribution in [0.2, 0.25) is 0 Å². The number of amides is 1. The Labute approximate surface area is 102 Å². The zero-order chi connectivity index (χ0) is 11.4. The molecular weight excluding hydrogens is 218 g/mol. The van der Waals surface area contributed by atoms with Crippen molar-refractivity contribution in [2.24, 2.45) is 0 Å². The van der Waals surface area contributed by atoms with E-state index in [2.05, 4.69) is 30.1 Å². The summed E-state index contributed by atoms with van der Waals surface area (Å²) >= 11 is 4.04. The van der Waals surface area contributed by atoms with Crippen molar-refractivity contribution in [1.82, 2.24) is 0 Å². The lowest BCUT2D eigenvalue weighted by atomic mass is 9.91. The van der Waals surface area contributed by atoms with Gasteiger partial charge in [-0.15, -0.1) is 0 Å². The first-order chi connectivity index (χ1) is 7.79. The van der Waals surface area contributed by atoms with Crippen molar-refractivity contribution in [3.63, 3.8) is 0 Å². The maximum Gasteiger partial charge on any atom is 0.225 e. The Hall–Kier alpha value is -0.960. The molecule has 2 rings (SSSR count). The van der Waals surface area contributed by atoms with Crippen molar-refractivity contribution in [3.8, 4) is 0 Å². The van der Waals surface area contributed by atoms with Crippen LogP contribution in [-0.2, 0) is 17.6 Å². The molecule has 1 aliphatic carbocycles. The van der Waals surface area contributed by atoms with Gasteiger partial charge in [0.1, 0.15) is 0 Å². The third-order valence-electron chi connectivity index (χ3n) is 2.97. The molecule has 3 heteroatoms. The monoisotopic (exact) mass is 235 g/mol. The number of hydrogen-bond acceptors (Lipinski definition) is 2. The summed E-state index contributed by atoms with van der Waals surface area (Å²) in [5, 5.41) is 2.91. The predicted molar refractivity (Wildman–Crippen MR) is 70.2 cm³/mol. The smallest absolute Gasteiger partial charge is 0.225 e. The van der Waals surface area contributed by atoms with E-state index in [0.717, 1.165) is 12.1 Å². The number of hydrogen-bond donors (Lipinski definition) is 2. The fourth-order valence-electron chi connectivity index (χ4n) is 2.14. The molecule has 1 aliphatic rings. The molecule has 0 saturated heterocycles. The molecular formula is C13H17NOS. The number of carbonyl (C=O) groups is 1. The van der Waals surface area contributed by atoms with E-state index in [1.165, 1.54) is 30.4 Å². The molecule has 2 nitrogen and oxygen atoms in total. The summed E-state index contributed by atoms with van der Waals surface area (Å²) in [7, 11) is 0. The summed E-state index contributed by atoms with van der Waals surface area (Å²) in [6, 6.07) is 6.26. The Balaban J connectivity index is 2.08. The van der Waals surface area contributed by atoms with E-state index in [9.17, 15) is 4.79 Å². The molecule has 0 spiro atoms. The molecule has 0 radical (unpaired) electrons. The van der Waals surface area contributed by atoms with Gasteiger partial charge in [0.2, 0.25) is 5.91 Å². The second-order valence-electron chi connectivity index (χ2n) is 4.21. The molecule has 0 aromatic heterocycles. The molecule has 16 heavy (non-hydrogen) atoms. The fourth-order valence-corrected chi connectivity index (χ4v) is 2.34. The summed E-state index contributed by atoms with van der Waals surface area (Å²) < 4.78 is 0. The van der Waals surface area contributed by atoms with Crippen LogP contribution in [0.4, 0.5) is 5.69 Å². The Morgan fingerprint density at radius 1 is 1.25 bits per heavy atom. The van der Waals surface area contributed by atoms with Gasteiger partial charge < -0.3 is 5.32 Å². The van der Waals surface area contributed by atoms with Gasteiger partial charge in [0.25, 0.3) is 0 Å². The molecule has 0 unspecified atom stereocenters. The molecule has 0 saturated carbocycles. The molecule has 0 heterocycles. The van der Waals surface area contributed by atoms with E-state index in [1.54, 1.807) is 0 Å². The quantitative estimate of drug-likeness (QED) is 0.775. The van der Waals surface area contributed by atoms with E-state index < -0.39 is 0 Å². The van der Waals surface area contributed by atoms with Gasteiger partial charge in [0, 0.05) is 12.1 Å². The van der Waals surface area contributed by atoms with Crippen molar-refractivity contribution in [1.29, 1.82) is 0 Å². The van der Waals surface area contributed by atoms with Gasteiger partial charge in [-0.05, 0) is 54.7 Å². The molecule has 1 aromatic rings. The molecule has 1 amide bonds. The summed E-state index contributed by atoms with van der Waals surface area (Å²) in [6.07, 6.45) is 5.35. The SMILES string of the molecule is O=C(CCS)Nc1ccc2c(c1)CCCC2. The molecule has 0 fully saturated rings. The Bertz CT molecular complexity index is 390. The second-order valence-corrected chi connectivity index (χ2v) is 4.66. The lowest BCUT2D eigenvalue weighted by Gasteiger charge is -2.16. The number of rotatable bonds is 3. The van der Waals surface area contributed by atoms with Crippen LogP contribution in [0.3, 0.4) is 0 Å². The van der Waals surface area contributed by atoms with E-state index in [4.69, 9.17) is 0 Å². The summed E-state index contributed by atoms with van der Waals surface area (Å²) in [5.74, 6) is 0.641. The Morgan fingerprint density at radius 2 is 2.00 bits per heavy atom. The van der Waals surface area contributed by atoms with Crippen LogP contribution in [0.25, 0.3) is 0 Å². The highest BCUT2D eigenvalue weighted by molar-refractivity contribution is 7.80. The van der Waals surface area contributed by atoms with Gasteiger partial charge in [-0.25, -0.2) is 0 Å². The zero-order valence-electron chi connectivity index (χ0n) is 9.33. The molecule has 86 valence electrons. The number of thiol groups is 1. The number of benzene rings is 1. The number of anilines is 1. The van der Waals surface area contributed by atoms with Gasteiger partial charge in [0.15, 0.2) is 0 Å². The second kappa shape index (κ2) is 5.39. The van der Waals surface area contributed by atoms with Crippen molar-refractivity contribution in [2.45, 2.75) is 32.1 Å². The van der Waals surface area contributed by atoms with Crippen LogP contribution in [0.5, 0.6) is 0 Å². The molecule has 0 atom stereocenters. The summed E-state index contributed by atoms with van der Waals surface area (Å²) in [6.45, 7) is 0. The number of carbonyl (C=O) groups excluding carboxylic acids is 1. The van der Waals surface area contributed by atoms with Crippen molar-refractivity contribution >= 4 is 24.2 Å². The largest absolute Gasteiger partial charge is 0.326 e. The third-order valence-corrected chi connectivity index (χ3v) is 3.19. The fraction of sp³-hybridized carbons (Fsp3) is 0.462. The average Bonchev–Trinajstić information content (AvgIpc) is 2.29. The molecule has 1 N–H and O–H groups in total. The maximum absolute atomic E-state index is 11.4. The first-order valence-corrected chi connectivity index (χ1v) is 6.45. The van der Waals surface area contributed by atoms with Gasteiger partial charge >= 0.3 is 0 Å². The average molecular weight is 235 g/mol. The van der Waals surface area contributed by atoms with E-state index in [0.29, 0.717) is 12.2 Å². The maximum atomic E-state index is 11.4. The summed E-state index contributed by atoms with van der Waals surface area (Å²) in [5.41, 5.74) is 3.76. The minimum absolute atomic E-state index is 0.0470. The van der Waals surface area contributed by atoms with Crippen LogP contribution < -0.4 is 5.32 Å². The van der Waals surface area contributed by atoms with Crippen LogP contribution in [0, 0.1) is 0 Å². The molecule has 0 bridgehead atoms. The first-order valence-electron chi connectivity index (χ1n) is 5.82. The molecule has 0 aliphatic heterocycles. The van der Waals surface area contributed by atoms with Crippen LogP contribution >= 0.6 is 12.6 Å². The standard InChI is InChI=1S/C13H17NOS/c15-13(7-8-16)14-12-6-5-10-3-1-2-4-11(10)9-12/h5-6,9,16H,1-4,7-8H2,(H,14,15). The molecule has 1 aromatic carbocycles. The van der Waals surface area contributed by atoms with Crippen LogP contribution in [0.1, 0.15) is 30.4 Å². The van der Waals surface area contributed by atoms with E-state index in [-0.39, 0.29) is 5.91 Å². The Morgan fingerprint density at radius 3 is 2.75 bits per heavy atom. The highest BCUT2D eigenvalue weighted by Crippen LogP contribution is 2.24. The van der Waals surface area contributed by atoms with Crippen molar-refractivity contribution < 1.29 is 4.79 Å². The Kier molecular flexibility index (Phi) is 3.88. The van der Waals surface area contributed by atoms with Gasteiger partial charge in [-0.2, -0.15) is 12.6 Å². The minimum atomic E-state index is 0.0470. The van der Waals surface area contributed by atoms with Crippen molar-refractivity contribution in [3.05, 3.63) is 29.3 Å². The van der Waals surface area contributed by atoms with Gasteiger partial charge in [-0.1, -0.05) is 6.07 Å². The lowest BCUT2D eigenvalue weighted by Crippen LogP contribution is -2.12. The minimum Gasteiger partial charge on any atom is -0.326 e. The van der Waals surface area contributed by atoms with Crippen LogP contribution in [0.15, 0.2) is 18.2 Å². The first kappa shape index (κ1) is 11.5. The normalized spacial score (nSPS) is 14.3.